The van der Waals surface area contributed by atoms with Crippen LogP contribution in [-0.2, 0) is 4.79 Å². The molecule has 0 aliphatic carbocycles. The van der Waals surface area contributed by atoms with Crippen LogP contribution in [0, 0.1) is 0 Å². The van der Waals surface area contributed by atoms with E-state index >= 15 is 0 Å². The van der Waals surface area contributed by atoms with Gasteiger partial charge in [0.15, 0.2) is 11.5 Å². The summed E-state index contributed by atoms with van der Waals surface area (Å²) in [7, 11) is 0. The fraction of sp³-hybridized carbons (Fsp3) is 0.316. The van der Waals surface area contributed by atoms with E-state index in [2.05, 4.69) is 0 Å². The highest BCUT2D eigenvalue weighted by atomic mass is 16.6. The fourth-order valence-corrected chi connectivity index (χ4v) is 3.28. The number of fused-ring (bicyclic) bond motifs is 1. The summed E-state index contributed by atoms with van der Waals surface area (Å²) in [4.78, 5) is 14.5. The van der Waals surface area contributed by atoms with Gasteiger partial charge in [-0.3, -0.25) is 4.79 Å². The number of likely N-dealkylation sites (tertiary alicyclic amines) is 1. The Bertz CT molecular complexity index is 751. The Hall–Kier alpha value is -2.69. The van der Waals surface area contributed by atoms with Gasteiger partial charge in [0.25, 0.3) is 0 Å². The van der Waals surface area contributed by atoms with Crippen molar-refractivity contribution in [3.8, 4) is 11.5 Å². The summed E-state index contributed by atoms with van der Waals surface area (Å²) in [5.74, 6) is 2.23. The molecule has 124 valence electrons. The quantitative estimate of drug-likeness (QED) is 0.811. The number of carbonyl (C=O) groups is 1. The van der Waals surface area contributed by atoms with Gasteiger partial charge in [0, 0.05) is 12.6 Å². The number of rotatable bonds is 3. The first kappa shape index (κ1) is 14.9. The number of nitrogens with zero attached hydrogens (tertiary/aromatic N) is 1. The number of hydrogen-bond acceptors (Lipinski definition) is 4. The molecule has 1 aromatic carbocycles. The van der Waals surface area contributed by atoms with Crippen molar-refractivity contribution in [3.63, 3.8) is 0 Å². The van der Waals surface area contributed by atoms with Gasteiger partial charge in [-0.25, -0.2) is 0 Å². The Kier molecular flexibility index (Phi) is 3.99. The number of hydrogen-bond donors (Lipinski definition) is 0. The van der Waals surface area contributed by atoms with E-state index in [1.54, 1.807) is 24.5 Å². The largest absolute Gasteiger partial charge is 0.486 e. The van der Waals surface area contributed by atoms with Gasteiger partial charge in [-0.1, -0.05) is 6.07 Å². The Morgan fingerprint density at radius 2 is 2.04 bits per heavy atom. The van der Waals surface area contributed by atoms with Crippen molar-refractivity contribution in [1.29, 1.82) is 0 Å². The topological polar surface area (TPSA) is 51.9 Å². The second kappa shape index (κ2) is 6.43. The Morgan fingerprint density at radius 3 is 2.88 bits per heavy atom. The zero-order chi connectivity index (χ0) is 16.4. The van der Waals surface area contributed by atoms with Crippen LogP contribution in [0.3, 0.4) is 0 Å². The van der Waals surface area contributed by atoms with Crippen molar-refractivity contribution in [2.24, 2.45) is 0 Å². The standard InChI is InChI=1S/C19H19NO4/c21-19(8-6-15-3-2-10-22-15)20-9-1-4-16(20)14-5-7-17-18(13-14)24-12-11-23-17/h2-3,5-8,10,13,16H,1,4,9,11-12H2/b8-6+. The lowest BCUT2D eigenvalue weighted by atomic mass is 10.0. The monoisotopic (exact) mass is 325 g/mol. The van der Waals surface area contributed by atoms with Crippen LogP contribution in [-0.4, -0.2) is 30.6 Å². The first-order chi connectivity index (χ1) is 11.8. The zero-order valence-electron chi connectivity index (χ0n) is 13.3. The molecule has 0 radical (unpaired) electrons. The van der Waals surface area contributed by atoms with Crippen molar-refractivity contribution in [2.75, 3.05) is 19.8 Å². The van der Waals surface area contributed by atoms with E-state index in [1.807, 2.05) is 29.2 Å². The molecule has 1 aromatic heterocycles. The molecule has 1 atom stereocenters. The van der Waals surface area contributed by atoms with Gasteiger partial charge in [-0.2, -0.15) is 0 Å². The average Bonchev–Trinajstić information content (AvgIpc) is 3.31. The minimum Gasteiger partial charge on any atom is -0.486 e. The molecule has 1 saturated heterocycles. The second-order valence-electron chi connectivity index (χ2n) is 5.94. The van der Waals surface area contributed by atoms with Gasteiger partial charge in [0.1, 0.15) is 19.0 Å². The predicted octanol–water partition coefficient (Wildman–Crippen LogP) is 3.43. The van der Waals surface area contributed by atoms with Crippen LogP contribution in [0.2, 0.25) is 0 Å². The van der Waals surface area contributed by atoms with E-state index in [0.29, 0.717) is 19.0 Å². The summed E-state index contributed by atoms with van der Waals surface area (Å²) >= 11 is 0. The Morgan fingerprint density at radius 1 is 1.17 bits per heavy atom. The maximum Gasteiger partial charge on any atom is 0.247 e. The second-order valence-corrected chi connectivity index (χ2v) is 5.94. The van der Waals surface area contributed by atoms with Crippen molar-refractivity contribution >= 4 is 12.0 Å². The summed E-state index contributed by atoms with van der Waals surface area (Å²) in [6, 6.07) is 9.67. The van der Waals surface area contributed by atoms with Crippen LogP contribution in [0.25, 0.3) is 6.08 Å². The number of amides is 1. The molecule has 0 bridgehead atoms. The molecule has 1 unspecified atom stereocenters. The molecule has 0 saturated carbocycles. The lowest BCUT2D eigenvalue weighted by Crippen LogP contribution is -2.29. The molecular formula is C19H19NO4. The van der Waals surface area contributed by atoms with Gasteiger partial charge in [0.05, 0.1) is 12.3 Å². The number of benzene rings is 1. The normalized spacial score (nSPS) is 19.8. The van der Waals surface area contributed by atoms with Crippen LogP contribution >= 0.6 is 0 Å². The molecule has 4 rings (SSSR count). The van der Waals surface area contributed by atoms with Crippen molar-refractivity contribution in [1.82, 2.24) is 4.90 Å². The highest BCUT2D eigenvalue weighted by molar-refractivity contribution is 5.92. The van der Waals surface area contributed by atoms with Crippen LogP contribution in [0.4, 0.5) is 0 Å². The summed E-state index contributed by atoms with van der Waals surface area (Å²) in [6.07, 6.45) is 6.84. The smallest absolute Gasteiger partial charge is 0.247 e. The van der Waals surface area contributed by atoms with Crippen molar-refractivity contribution in [2.45, 2.75) is 18.9 Å². The minimum absolute atomic E-state index is 0.00351. The summed E-state index contributed by atoms with van der Waals surface area (Å²) in [5, 5.41) is 0. The molecule has 0 spiro atoms. The van der Waals surface area contributed by atoms with E-state index in [-0.39, 0.29) is 11.9 Å². The Balaban J connectivity index is 1.53. The minimum atomic E-state index is 0.00351. The van der Waals surface area contributed by atoms with E-state index in [0.717, 1.165) is 36.4 Å². The van der Waals surface area contributed by atoms with Gasteiger partial charge >= 0.3 is 0 Å². The highest BCUT2D eigenvalue weighted by Gasteiger charge is 2.29. The van der Waals surface area contributed by atoms with Gasteiger partial charge < -0.3 is 18.8 Å². The first-order valence-electron chi connectivity index (χ1n) is 8.23. The summed E-state index contributed by atoms with van der Waals surface area (Å²) in [6.45, 7) is 1.91. The molecule has 2 aliphatic rings. The molecule has 5 nitrogen and oxygen atoms in total. The van der Waals surface area contributed by atoms with Crippen molar-refractivity contribution < 1.29 is 18.7 Å². The maximum atomic E-state index is 12.6. The zero-order valence-corrected chi connectivity index (χ0v) is 13.3. The Labute approximate surface area is 140 Å². The molecule has 1 fully saturated rings. The molecular weight excluding hydrogens is 306 g/mol. The van der Waals surface area contributed by atoms with Crippen molar-refractivity contribution in [3.05, 3.63) is 54.0 Å². The predicted molar refractivity (Wildman–Crippen MR) is 88.9 cm³/mol. The van der Waals surface area contributed by atoms with E-state index in [4.69, 9.17) is 13.9 Å². The van der Waals surface area contributed by atoms with Crippen LogP contribution < -0.4 is 9.47 Å². The lowest BCUT2D eigenvalue weighted by molar-refractivity contribution is -0.126. The first-order valence-corrected chi connectivity index (χ1v) is 8.23. The maximum absolute atomic E-state index is 12.6. The third kappa shape index (κ3) is 2.89. The lowest BCUT2D eigenvalue weighted by Gasteiger charge is -2.26. The summed E-state index contributed by atoms with van der Waals surface area (Å²) in [5.41, 5.74) is 1.09. The molecule has 5 heteroatoms. The molecule has 0 N–H and O–H groups in total. The molecule has 2 aromatic rings. The van der Waals surface area contributed by atoms with E-state index in [1.165, 1.54) is 0 Å². The number of ether oxygens (including phenoxy) is 2. The number of furan rings is 1. The molecule has 1 amide bonds. The van der Waals surface area contributed by atoms with Crippen LogP contribution in [0.1, 0.15) is 30.2 Å². The van der Waals surface area contributed by atoms with Crippen LogP contribution in [0.15, 0.2) is 47.1 Å². The third-order valence-corrected chi connectivity index (χ3v) is 4.42. The molecule has 24 heavy (non-hydrogen) atoms. The van der Waals surface area contributed by atoms with E-state index in [9.17, 15) is 4.79 Å². The fourth-order valence-electron chi connectivity index (χ4n) is 3.28. The van der Waals surface area contributed by atoms with Crippen LogP contribution in [0.5, 0.6) is 11.5 Å². The van der Waals surface area contributed by atoms with Gasteiger partial charge in [-0.05, 0) is 48.7 Å². The SMILES string of the molecule is O=C(/C=C/c1ccco1)N1CCCC1c1ccc2c(c1)OCCO2. The number of carbonyl (C=O) groups excluding carboxylic acids is 1. The average molecular weight is 325 g/mol. The molecule has 3 heterocycles. The third-order valence-electron chi connectivity index (χ3n) is 4.42. The summed E-state index contributed by atoms with van der Waals surface area (Å²) < 4.78 is 16.5. The highest BCUT2D eigenvalue weighted by Crippen LogP contribution is 2.38. The van der Waals surface area contributed by atoms with Gasteiger partial charge in [-0.15, -0.1) is 0 Å². The molecule has 2 aliphatic heterocycles. The van der Waals surface area contributed by atoms with E-state index < -0.39 is 0 Å². The van der Waals surface area contributed by atoms with Gasteiger partial charge in [0.2, 0.25) is 5.91 Å².